The Balaban J connectivity index is 1.87. The number of hydrogen-bond donors (Lipinski definition) is 1. The van der Waals surface area contributed by atoms with E-state index in [1.165, 1.54) is 16.4 Å². The second kappa shape index (κ2) is 8.00. The molecular formula is C20H23ClN2O3S. The van der Waals surface area contributed by atoms with Crippen molar-refractivity contribution in [1.29, 1.82) is 0 Å². The number of amides is 1. The lowest BCUT2D eigenvalue weighted by Gasteiger charge is -2.33. The van der Waals surface area contributed by atoms with Crippen LogP contribution in [0, 0.1) is 13.8 Å². The molecule has 1 N–H and O–H groups in total. The van der Waals surface area contributed by atoms with E-state index in [0.717, 1.165) is 29.7 Å². The van der Waals surface area contributed by atoms with Crippen molar-refractivity contribution in [2.75, 3.05) is 11.9 Å². The largest absolute Gasteiger partial charge is 0.324 e. The van der Waals surface area contributed by atoms with Crippen molar-refractivity contribution in [3.8, 4) is 0 Å². The summed E-state index contributed by atoms with van der Waals surface area (Å²) >= 11 is 5.87. The summed E-state index contributed by atoms with van der Waals surface area (Å²) in [4.78, 5) is 13.1. The third kappa shape index (κ3) is 4.18. The number of halogens is 1. The van der Waals surface area contributed by atoms with Crippen LogP contribution < -0.4 is 5.32 Å². The number of piperidine rings is 1. The summed E-state index contributed by atoms with van der Waals surface area (Å²) in [6.07, 6.45) is 2.06. The minimum atomic E-state index is -3.77. The Bertz CT molecular complexity index is 942. The molecule has 1 fully saturated rings. The molecule has 144 valence electrons. The van der Waals surface area contributed by atoms with E-state index in [9.17, 15) is 13.2 Å². The van der Waals surface area contributed by atoms with Crippen molar-refractivity contribution >= 4 is 33.2 Å². The van der Waals surface area contributed by atoms with Crippen molar-refractivity contribution in [2.45, 2.75) is 44.0 Å². The smallest absolute Gasteiger partial charge is 0.243 e. The number of nitrogens with zero attached hydrogens (tertiary/aromatic N) is 1. The molecule has 0 bridgehead atoms. The van der Waals surface area contributed by atoms with E-state index in [2.05, 4.69) is 5.32 Å². The number of carbonyl (C=O) groups excluding carboxylic acids is 1. The van der Waals surface area contributed by atoms with Crippen molar-refractivity contribution in [3.63, 3.8) is 0 Å². The minimum absolute atomic E-state index is 0.151. The Morgan fingerprint density at radius 3 is 2.52 bits per heavy atom. The van der Waals surface area contributed by atoms with E-state index < -0.39 is 16.1 Å². The van der Waals surface area contributed by atoms with Crippen molar-refractivity contribution < 1.29 is 13.2 Å². The molecule has 2 aromatic carbocycles. The van der Waals surface area contributed by atoms with E-state index in [4.69, 9.17) is 11.6 Å². The standard InChI is InChI=1S/C20H23ClN2O3S/c1-14-6-5-7-18(15(14)2)22-20(24)19-8-3-4-13-23(19)27(25,26)17-11-9-16(21)10-12-17/h5-7,9-12,19H,3-4,8,13H2,1-2H3,(H,22,24). The van der Waals surface area contributed by atoms with Gasteiger partial charge in [-0.1, -0.05) is 30.2 Å². The van der Waals surface area contributed by atoms with Gasteiger partial charge in [0.15, 0.2) is 0 Å². The van der Waals surface area contributed by atoms with Gasteiger partial charge in [0.1, 0.15) is 6.04 Å². The van der Waals surface area contributed by atoms with Crippen LogP contribution in [-0.4, -0.2) is 31.2 Å². The highest BCUT2D eigenvalue weighted by Gasteiger charge is 2.37. The van der Waals surface area contributed by atoms with Gasteiger partial charge in [0.2, 0.25) is 15.9 Å². The van der Waals surface area contributed by atoms with E-state index >= 15 is 0 Å². The molecule has 0 saturated carbocycles. The van der Waals surface area contributed by atoms with Gasteiger partial charge in [-0.3, -0.25) is 4.79 Å². The van der Waals surface area contributed by atoms with Crippen molar-refractivity contribution in [1.82, 2.24) is 4.31 Å². The first-order valence-corrected chi connectivity index (χ1v) is 10.8. The summed E-state index contributed by atoms with van der Waals surface area (Å²) in [7, 11) is -3.77. The third-order valence-electron chi connectivity index (χ3n) is 5.04. The number of benzene rings is 2. The molecule has 5 nitrogen and oxygen atoms in total. The number of aryl methyl sites for hydroxylation is 1. The van der Waals surface area contributed by atoms with E-state index in [1.807, 2.05) is 32.0 Å². The first kappa shape index (κ1) is 19.9. The van der Waals surface area contributed by atoms with Crippen molar-refractivity contribution in [3.05, 3.63) is 58.6 Å². The van der Waals surface area contributed by atoms with Crippen LogP contribution in [0.3, 0.4) is 0 Å². The zero-order valence-corrected chi connectivity index (χ0v) is 17.0. The third-order valence-corrected chi connectivity index (χ3v) is 7.21. The van der Waals surface area contributed by atoms with Crippen LogP contribution in [0.1, 0.15) is 30.4 Å². The molecule has 0 radical (unpaired) electrons. The lowest BCUT2D eigenvalue weighted by atomic mass is 10.0. The molecule has 2 aromatic rings. The molecular weight excluding hydrogens is 384 g/mol. The Morgan fingerprint density at radius 2 is 1.81 bits per heavy atom. The van der Waals surface area contributed by atoms with Gasteiger partial charge in [-0.25, -0.2) is 8.42 Å². The second-order valence-electron chi connectivity index (χ2n) is 6.82. The molecule has 0 aliphatic carbocycles. The van der Waals surface area contributed by atoms with Crippen molar-refractivity contribution in [2.24, 2.45) is 0 Å². The second-order valence-corrected chi connectivity index (χ2v) is 9.14. The number of carbonyl (C=O) groups is 1. The number of rotatable bonds is 4. The Morgan fingerprint density at radius 1 is 1.11 bits per heavy atom. The molecule has 1 heterocycles. The van der Waals surface area contributed by atoms with Gasteiger partial charge in [0, 0.05) is 17.3 Å². The topological polar surface area (TPSA) is 66.5 Å². The molecule has 1 aliphatic heterocycles. The molecule has 1 amide bonds. The predicted octanol–water partition coefficient (Wildman–Crippen LogP) is 4.14. The lowest BCUT2D eigenvalue weighted by molar-refractivity contribution is -0.120. The highest BCUT2D eigenvalue weighted by molar-refractivity contribution is 7.89. The molecule has 1 unspecified atom stereocenters. The van der Waals surface area contributed by atoms with Crippen LogP contribution in [0.15, 0.2) is 47.4 Å². The van der Waals surface area contributed by atoms with Gasteiger partial charge in [-0.15, -0.1) is 0 Å². The first-order chi connectivity index (χ1) is 12.8. The molecule has 0 spiro atoms. The van der Waals surface area contributed by atoms with Crippen LogP contribution in [0.25, 0.3) is 0 Å². The Hall–Kier alpha value is -1.89. The molecule has 7 heteroatoms. The number of sulfonamides is 1. The Labute approximate surface area is 165 Å². The molecule has 1 aliphatic rings. The highest BCUT2D eigenvalue weighted by atomic mass is 35.5. The molecule has 1 saturated heterocycles. The summed E-state index contributed by atoms with van der Waals surface area (Å²) < 4.78 is 27.5. The molecule has 3 rings (SSSR count). The first-order valence-electron chi connectivity index (χ1n) is 8.95. The van der Waals surface area contributed by atoms with Crippen LogP contribution in [-0.2, 0) is 14.8 Å². The quantitative estimate of drug-likeness (QED) is 0.829. The summed E-state index contributed by atoms with van der Waals surface area (Å²) in [5.41, 5.74) is 2.77. The fraction of sp³-hybridized carbons (Fsp3) is 0.350. The summed E-state index contributed by atoms with van der Waals surface area (Å²) in [5.74, 6) is -0.291. The SMILES string of the molecule is Cc1cccc(NC(=O)C2CCCCN2S(=O)(=O)c2ccc(Cl)cc2)c1C. The lowest BCUT2D eigenvalue weighted by Crippen LogP contribution is -2.49. The number of anilines is 1. The summed E-state index contributed by atoms with van der Waals surface area (Å²) in [6, 6.07) is 11.0. The molecule has 1 atom stereocenters. The van der Waals surface area contributed by atoms with Gasteiger partial charge in [-0.2, -0.15) is 4.31 Å². The van der Waals surface area contributed by atoms with Crippen LogP contribution in [0.5, 0.6) is 0 Å². The molecule has 27 heavy (non-hydrogen) atoms. The van der Waals surface area contributed by atoms with Gasteiger partial charge < -0.3 is 5.32 Å². The van der Waals surface area contributed by atoms with E-state index in [-0.39, 0.29) is 10.8 Å². The Kier molecular flexibility index (Phi) is 5.89. The van der Waals surface area contributed by atoms with Gasteiger partial charge in [0.05, 0.1) is 4.90 Å². The zero-order chi connectivity index (χ0) is 19.6. The highest BCUT2D eigenvalue weighted by Crippen LogP contribution is 2.28. The van der Waals surface area contributed by atoms with Gasteiger partial charge in [-0.05, 0) is 68.1 Å². The van der Waals surface area contributed by atoms with E-state index in [1.54, 1.807) is 12.1 Å². The number of hydrogen-bond acceptors (Lipinski definition) is 3. The van der Waals surface area contributed by atoms with Crippen LogP contribution >= 0.6 is 11.6 Å². The summed E-state index contributed by atoms with van der Waals surface area (Å²) in [6.45, 7) is 4.24. The maximum Gasteiger partial charge on any atom is 0.243 e. The van der Waals surface area contributed by atoms with Crippen LogP contribution in [0.4, 0.5) is 5.69 Å². The van der Waals surface area contributed by atoms with Gasteiger partial charge >= 0.3 is 0 Å². The van der Waals surface area contributed by atoms with Gasteiger partial charge in [0.25, 0.3) is 0 Å². The maximum absolute atomic E-state index is 13.1. The van der Waals surface area contributed by atoms with Crippen LogP contribution in [0.2, 0.25) is 5.02 Å². The number of nitrogens with one attached hydrogen (secondary N) is 1. The maximum atomic E-state index is 13.1. The average molecular weight is 407 g/mol. The fourth-order valence-electron chi connectivity index (χ4n) is 3.30. The normalized spacial score (nSPS) is 18.3. The molecule has 0 aromatic heterocycles. The predicted molar refractivity (Wildman–Crippen MR) is 108 cm³/mol. The zero-order valence-electron chi connectivity index (χ0n) is 15.4. The average Bonchev–Trinajstić information content (AvgIpc) is 2.66. The van der Waals surface area contributed by atoms with E-state index in [0.29, 0.717) is 18.0 Å². The minimum Gasteiger partial charge on any atom is -0.324 e. The summed E-state index contributed by atoms with van der Waals surface area (Å²) in [5, 5.41) is 3.39. The monoisotopic (exact) mass is 406 g/mol. The fourth-order valence-corrected chi connectivity index (χ4v) is 5.08.